The Bertz CT molecular complexity index is 1060. The summed E-state index contributed by atoms with van der Waals surface area (Å²) >= 11 is 2.77. The van der Waals surface area contributed by atoms with Crippen molar-refractivity contribution in [3.63, 3.8) is 0 Å². The highest BCUT2D eigenvalue weighted by Crippen LogP contribution is 2.29. The Morgan fingerprint density at radius 2 is 2.00 bits per heavy atom. The summed E-state index contributed by atoms with van der Waals surface area (Å²) in [5.74, 6) is -0.0764. The van der Waals surface area contributed by atoms with E-state index >= 15 is 0 Å². The van der Waals surface area contributed by atoms with Gasteiger partial charge in [0.15, 0.2) is 4.34 Å². The third-order valence-corrected chi connectivity index (χ3v) is 6.80. The number of amides is 2. The van der Waals surface area contributed by atoms with Gasteiger partial charge < -0.3 is 10.6 Å². The van der Waals surface area contributed by atoms with E-state index in [9.17, 15) is 14.0 Å². The zero-order valence-corrected chi connectivity index (χ0v) is 17.6. The molecule has 0 bridgehead atoms. The van der Waals surface area contributed by atoms with Crippen molar-refractivity contribution in [2.45, 2.75) is 29.4 Å². The molecule has 9 heteroatoms. The number of carbonyl (C=O) groups excluding carboxylic acids is 2. The monoisotopic (exact) mass is 442 g/mol. The second-order valence-electron chi connectivity index (χ2n) is 6.92. The van der Waals surface area contributed by atoms with Crippen molar-refractivity contribution >= 4 is 45.7 Å². The largest absolute Gasteiger partial charge is 0.326 e. The molecule has 0 saturated heterocycles. The molecule has 1 aliphatic rings. The van der Waals surface area contributed by atoms with Crippen LogP contribution in [0.3, 0.4) is 0 Å². The van der Waals surface area contributed by atoms with E-state index < -0.39 is 0 Å². The molecule has 30 heavy (non-hydrogen) atoms. The maximum atomic E-state index is 13.0. The van der Waals surface area contributed by atoms with Gasteiger partial charge in [0.05, 0.1) is 0 Å². The lowest BCUT2D eigenvalue weighted by atomic mass is 9.89. The van der Waals surface area contributed by atoms with Crippen molar-refractivity contribution in [1.82, 2.24) is 10.2 Å². The van der Waals surface area contributed by atoms with Crippen molar-refractivity contribution in [3.05, 3.63) is 65.5 Å². The smallest absolute Gasteiger partial charge is 0.227 e. The van der Waals surface area contributed by atoms with E-state index in [1.165, 1.54) is 35.2 Å². The Morgan fingerprint density at radius 1 is 1.20 bits per heavy atom. The summed E-state index contributed by atoms with van der Waals surface area (Å²) in [4.78, 5) is 24.5. The fraction of sp³-hybridized carbons (Fsp3) is 0.238. The number of aromatic nitrogens is 2. The van der Waals surface area contributed by atoms with Gasteiger partial charge in [-0.25, -0.2) is 4.39 Å². The Labute approximate surface area is 181 Å². The molecule has 2 amide bonds. The average molecular weight is 443 g/mol. The van der Waals surface area contributed by atoms with Crippen LogP contribution in [0.5, 0.6) is 0 Å². The molecule has 1 aromatic heterocycles. The highest BCUT2D eigenvalue weighted by atomic mass is 32.2. The van der Waals surface area contributed by atoms with Gasteiger partial charge in [-0.15, -0.1) is 10.2 Å². The predicted octanol–water partition coefficient (Wildman–Crippen LogP) is 4.50. The fourth-order valence-corrected chi connectivity index (χ4v) is 4.90. The minimum absolute atomic E-state index is 0.0445. The molecule has 1 aliphatic heterocycles. The number of benzene rings is 2. The first-order valence-corrected chi connectivity index (χ1v) is 11.3. The Kier molecular flexibility index (Phi) is 6.39. The van der Waals surface area contributed by atoms with Crippen LogP contribution in [0.25, 0.3) is 0 Å². The van der Waals surface area contributed by atoms with E-state index in [0.717, 1.165) is 21.2 Å². The molecule has 0 fully saturated rings. The van der Waals surface area contributed by atoms with Crippen LogP contribution in [0.4, 0.5) is 15.2 Å². The van der Waals surface area contributed by atoms with Gasteiger partial charge in [-0.2, -0.15) is 0 Å². The van der Waals surface area contributed by atoms with Crippen LogP contribution in [0, 0.1) is 11.7 Å². The summed E-state index contributed by atoms with van der Waals surface area (Å²) < 4.78 is 13.7. The van der Waals surface area contributed by atoms with Gasteiger partial charge in [-0.3, -0.25) is 9.59 Å². The molecular weight excluding hydrogens is 423 g/mol. The second-order valence-corrected chi connectivity index (χ2v) is 9.12. The molecule has 0 radical (unpaired) electrons. The number of hydrogen-bond acceptors (Lipinski definition) is 6. The first-order chi connectivity index (χ1) is 14.6. The highest BCUT2D eigenvalue weighted by molar-refractivity contribution is 8.00. The maximum absolute atomic E-state index is 13.0. The molecule has 4 rings (SSSR count). The van der Waals surface area contributed by atoms with Crippen LogP contribution in [0.15, 0.2) is 52.9 Å². The predicted molar refractivity (Wildman–Crippen MR) is 116 cm³/mol. The Hall–Kier alpha value is -2.78. The second kappa shape index (κ2) is 9.36. The van der Waals surface area contributed by atoms with Gasteiger partial charge in [0.1, 0.15) is 5.82 Å². The molecule has 1 atom stereocenters. The maximum Gasteiger partial charge on any atom is 0.227 e. The van der Waals surface area contributed by atoms with E-state index in [1.807, 2.05) is 24.3 Å². The van der Waals surface area contributed by atoms with Crippen molar-refractivity contribution in [2.75, 3.05) is 10.6 Å². The van der Waals surface area contributed by atoms with Gasteiger partial charge in [0.25, 0.3) is 0 Å². The van der Waals surface area contributed by atoms with E-state index in [2.05, 4.69) is 20.8 Å². The lowest BCUT2D eigenvalue weighted by Gasteiger charge is -2.24. The molecule has 0 saturated carbocycles. The molecule has 2 N–H and O–H groups in total. The number of thioether (sulfide) groups is 1. The molecular formula is C21H19FN4O2S2. The van der Waals surface area contributed by atoms with Crippen molar-refractivity contribution < 1.29 is 14.0 Å². The van der Waals surface area contributed by atoms with Crippen LogP contribution < -0.4 is 10.6 Å². The summed E-state index contributed by atoms with van der Waals surface area (Å²) in [5, 5.41) is 14.2. The quantitative estimate of drug-likeness (QED) is 0.416. The lowest BCUT2D eigenvalue weighted by molar-refractivity contribution is -0.121. The van der Waals surface area contributed by atoms with Gasteiger partial charge >= 0.3 is 0 Å². The van der Waals surface area contributed by atoms with E-state index in [0.29, 0.717) is 23.7 Å². The lowest BCUT2D eigenvalue weighted by Crippen LogP contribution is -2.30. The first-order valence-electron chi connectivity index (χ1n) is 9.46. The minimum atomic E-state index is -0.264. The zero-order valence-electron chi connectivity index (χ0n) is 15.9. The van der Waals surface area contributed by atoms with Crippen LogP contribution in [-0.4, -0.2) is 22.0 Å². The third kappa shape index (κ3) is 5.22. The summed E-state index contributed by atoms with van der Waals surface area (Å²) in [6.45, 7) is 0. The number of halogens is 1. The number of nitrogens with zero attached hydrogens (tertiary/aromatic N) is 2. The number of rotatable bonds is 7. The van der Waals surface area contributed by atoms with Gasteiger partial charge in [-0.05, 0) is 42.2 Å². The molecule has 154 valence electrons. The molecule has 6 nitrogen and oxygen atoms in total. The Balaban J connectivity index is 1.25. The van der Waals surface area contributed by atoms with Crippen LogP contribution in [0.1, 0.15) is 24.0 Å². The normalized spacial score (nSPS) is 15.4. The molecule has 3 aromatic rings. The zero-order chi connectivity index (χ0) is 20.9. The summed E-state index contributed by atoms with van der Waals surface area (Å²) in [6, 6.07) is 14.0. The van der Waals surface area contributed by atoms with E-state index in [-0.39, 0.29) is 30.0 Å². The summed E-state index contributed by atoms with van der Waals surface area (Å²) in [6.07, 6.45) is 1.34. The number of para-hydroxylation sites is 1. The number of hydrogen-bond donors (Lipinski definition) is 2. The van der Waals surface area contributed by atoms with Crippen LogP contribution in [0.2, 0.25) is 0 Å². The molecule has 2 heterocycles. The van der Waals surface area contributed by atoms with E-state index in [4.69, 9.17) is 0 Å². The van der Waals surface area contributed by atoms with Crippen LogP contribution >= 0.6 is 23.1 Å². The summed E-state index contributed by atoms with van der Waals surface area (Å²) in [7, 11) is 0. The standard InChI is InChI=1S/C21H19FN4O2S2/c22-16-8-5-13(6-9-16)12-29-21-26-25-20(30-21)24-18(27)10-7-15-11-14-3-1-2-4-17(14)23-19(15)28/h1-6,8-9,15H,7,10-12H2,(H,23,28)(H,24,25,27)/t15-/m1/s1. The molecule has 0 unspecified atom stereocenters. The highest BCUT2D eigenvalue weighted by Gasteiger charge is 2.26. The third-order valence-electron chi connectivity index (χ3n) is 4.76. The number of nitrogens with one attached hydrogen (secondary N) is 2. The van der Waals surface area contributed by atoms with Gasteiger partial charge in [0.2, 0.25) is 16.9 Å². The van der Waals surface area contributed by atoms with Crippen LogP contribution in [-0.2, 0) is 21.8 Å². The average Bonchev–Trinajstić information content (AvgIpc) is 3.19. The number of fused-ring (bicyclic) bond motifs is 1. The van der Waals surface area contributed by atoms with Crippen molar-refractivity contribution in [2.24, 2.45) is 5.92 Å². The molecule has 2 aromatic carbocycles. The fourth-order valence-electron chi connectivity index (χ4n) is 3.18. The minimum Gasteiger partial charge on any atom is -0.326 e. The van der Waals surface area contributed by atoms with Gasteiger partial charge in [0, 0.05) is 23.8 Å². The Morgan fingerprint density at radius 3 is 2.83 bits per heavy atom. The van der Waals surface area contributed by atoms with Crippen molar-refractivity contribution in [1.29, 1.82) is 0 Å². The van der Waals surface area contributed by atoms with Gasteiger partial charge in [-0.1, -0.05) is 53.4 Å². The van der Waals surface area contributed by atoms with E-state index in [1.54, 1.807) is 12.1 Å². The first kappa shape index (κ1) is 20.5. The SMILES string of the molecule is O=C(CC[C@@H]1Cc2ccccc2NC1=O)Nc1nnc(SCc2ccc(F)cc2)s1. The van der Waals surface area contributed by atoms with Crippen molar-refractivity contribution in [3.8, 4) is 0 Å². The molecule has 0 aliphatic carbocycles. The molecule has 0 spiro atoms. The summed E-state index contributed by atoms with van der Waals surface area (Å²) in [5.41, 5.74) is 2.92. The number of carbonyl (C=O) groups is 2. The topological polar surface area (TPSA) is 84.0 Å². The number of anilines is 2.